The van der Waals surface area contributed by atoms with Crippen molar-refractivity contribution in [2.45, 2.75) is 6.42 Å². The van der Waals surface area contributed by atoms with Gasteiger partial charge in [-0.15, -0.1) is 0 Å². The molecule has 16 heavy (non-hydrogen) atoms. The van der Waals surface area contributed by atoms with Crippen molar-refractivity contribution in [3.63, 3.8) is 0 Å². The molecule has 0 aliphatic rings. The average molecular weight is 280 g/mol. The van der Waals surface area contributed by atoms with E-state index in [-0.39, 0.29) is 5.69 Å². The summed E-state index contributed by atoms with van der Waals surface area (Å²) in [6.45, 7) is 0. The topological polar surface area (TPSA) is 50.2 Å². The van der Waals surface area contributed by atoms with Crippen LogP contribution in [0.3, 0.4) is 0 Å². The number of hydrogen-bond donors (Lipinski definition) is 1. The molecule has 0 aliphatic heterocycles. The lowest BCUT2D eigenvalue weighted by atomic mass is 10.1. The summed E-state index contributed by atoms with van der Waals surface area (Å²) in [5, 5.41) is 11.6. The summed E-state index contributed by atoms with van der Waals surface area (Å²) in [6, 6.07) is 7.57. The summed E-state index contributed by atoms with van der Waals surface area (Å²) >= 11 is 3.39. The van der Waals surface area contributed by atoms with Crippen LogP contribution < -0.4 is 0 Å². The Morgan fingerprint density at radius 1 is 1.31 bits per heavy atom. The van der Waals surface area contributed by atoms with Crippen molar-refractivity contribution in [2.24, 2.45) is 0 Å². The molecule has 0 bridgehead atoms. The average Bonchev–Trinajstić information content (AvgIpc) is 2.28. The Bertz CT molecular complexity index is 540. The van der Waals surface area contributed by atoms with E-state index in [1.54, 1.807) is 12.3 Å². The predicted octanol–water partition coefficient (Wildman–Crippen LogP) is 2.87. The molecule has 2 aromatic rings. The second kappa shape index (κ2) is 4.61. The minimum Gasteiger partial charge on any atom is -0.477 e. The quantitative estimate of drug-likeness (QED) is 0.879. The van der Waals surface area contributed by atoms with Gasteiger partial charge in [0.1, 0.15) is 5.69 Å². The molecule has 0 atom stereocenters. The Hall–Kier alpha value is -1.42. The molecule has 82 valence electrons. The molecule has 2 rings (SSSR count). The lowest BCUT2D eigenvalue weighted by Crippen LogP contribution is -1.99. The van der Waals surface area contributed by atoms with E-state index in [4.69, 9.17) is 5.11 Å². The van der Waals surface area contributed by atoms with E-state index in [0.717, 1.165) is 22.5 Å². The number of aryl methyl sites for hydroxylation is 1. The highest BCUT2D eigenvalue weighted by atomic mass is 79.9. The molecule has 1 heterocycles. The summed E-state index contributed by atoms with van der Waals surface area (Å²) in [7, 11) is 0. The zero-order chi connectivity index (χ0) is 11.5. The molecule has 0 fully saturated rings. The van der Waals surface area contributed by atoms with Gasteiger partial charge in [0, 0.05) is 16.9 Å². The molecule has 3 nitrogen and oxygen atoms in total. The summed E-state index contributed by atoms with van der Waals surface area (Å²) in [5.74, 6) is -0.994. The smallest absolute Gasteiger partial charge is 0.354 e. The summed E-state index contributed by atoms with van der Waals surface area (Å²) < 4.78 is 0. The first-order valence-electron chi connectivity index (χ1n) is 4.88. The predicted molar refractivity (Wildman–Crippen MR) is 66.2 cm³/mol. The number of carbonyl (C=O) groups is 1. The number of hydrogen-bond acceptors (Lipinski definition) is 2. The van der Waals surface area contributed by atoms with Crippen LogP contribution in [-0.4, -0.2) is 21.4 Å². The van der Waals surface area contributed by atoms with Crippen LogP contribution in [0.15, 0.2) is 30.5 Å². The first-order valence-corrected chi connectivity index (χ1v) is 6.01. The van der Waals surface area contributed by atoms with Gasteiger partial charge in [-0.3, -0.25) is 0 Å². The Balaban J connectivity index is 2.48. The first kappa shape index (κ1) is 11.1. The number of carboxylic acids is 1. The monoisotopic (exact) mass is 279 g/mol. The highest BCUT2D eigenvalue weighted by Gasteiger charge is 2.05. The third-order valence-corrected chi connectivity index (χ3v) is 2.78. The Morgan fingerprint density at radius 2 is 2.12 bits per heavy atom. The van der Waals surface area contributed by atoms with Gasteiger partial charge in [-0.1, -0.05) is 28.1 Å². The van der Waals surface area contributed by atoms with Crippen molar-refractivity contribution in [3.05, 3.63) is 41.7 Å². The fourth-order valence-electron chi connectivity index (χ4n) is 1.57. The van der Waals surface area contributed by atoms with E-state index in [1.165, 1.54) is 5.56 Å². The molecule has 1 aromatic heterocycles. The number of aromatic carboxylic acids is 1. The SMILES string of the molecule is O=C(O)c1cc2ccc(CCBr)cc2cn1. The van der Waals surface area contributed by atoms with Crippen molar-refractivity contribution in [1.29, 1.82) is 0 Å². The Labute approximate surface area is 101 Å². The van der Waals surface area contributed by atoms with Gasteiger partial charge in [0.05, 0.1) is 0 Å². The second-order valence-electron chi connectivity index (χ2n) is 3.50. The lowest BCUT2D eigenvalue weighted by molar-refractivity contribution is 0.0691. The van der Waals surface area contributed by atoms with Crippen molar-refractivity contribution in [2.75, 3.05) is 5.33 Å². The highest BCUT2D eigenvalue weighted by molar-refractivity contribution is 9.09. The van der Waals surface area contributed by atoms with E-state index in [9.17, 15) is 4.79 Å². The van der Waals surface area contributed by atoms with Gasteiger partial charge in [0.15, 0.2) is 0 Å². The molecule has 0 radical (unpaired) electrons. The van der Waals surface area contributed by atoms with Crippen LogP contribution in [0.2, 0.25) is 0 Å². The van der Waals surface area contributed by atoms with Gasteiger partial charge in [-0.05, 0) is 29.5 Å². The molecule has 0 spiro atoms. The number of rotatable bonds is 3. The third-order valence-electron chi connectivity index (χ3n) is 2.39. The molecule has 0 saturated carbocycles. The summed E-state index contributed by atoms with van der Waals surface area (Å²) in [4.78, 5) is 14.6. The number of carboxylic acid groups (broad SMARTS) is 1. The molecule has 1 N–H and O–H groups in total. The lowest BCUT2D eigenvalue weighted by Gasteiger charge is -2.02. The molecular formula is C12H10BrNO2. The molecule has 0 saturated heterocycles. The molecular weight excluding hydrogens is 270 g/mol. The number of alkyl halides is 1. The zero-order valence-electron chi connectivity index (χ0n) is 8.48. The van der Waals surface area contributed by atoms with E-state index >= 15 is 0 Å². The number of nitrogens with zero attached hydrogens (tertiary/aromatic N) is 1. The van der Waals surface area contributed by atoms with E-state index < -0.39 is 5.97 Å². The van der Waals surface area contributed by atoms with Crippen molar-refractivity contribution in [1.82, 2.24) is 4.98 Å². The number of halogens is 1. The minimum absolute atomic E-state index is 0.0840. The maximum atomic E-state index is 10.7. The van der Waals surface area contributed by atoms with Gasteiger partial charge >= 0.3 is 5.97 Å². The maximum absolute atomic E-state index is 10.7. The second-order valence-corrected chi connectivity index (χ2v) is 4.29. The van der Waals surface area contributed by atoms with E-state index in [1.807, 2.05) is 18.2 Å². The minimum atomic E-state index is -0.994. The number of aromatic nitrogens is 1. The van der Waals surface area contributed by atoms with Crippen molar-refractivity contribution in [3.8, 4) is 0 Å². The van der Waals surface area contributed by atoms with Crippen LogP contribution in [0.25, 0.3) is 10.8 Å². The van der Waals surface area contributed by atoms with Gasteiger partial charge in [0.25, 0.3) is 0 Å². The van der Waals surface area contributed by atoms with Crippen LogP contribution in [0, 0.1) is 0 Å². The molecule has 0 amide bonds. The van der Waals surface area contributed by atoms with Gasteiger partial charge in [-0.2, -0.15) is 0 Å². The molecule has 4 heteroatoms. The number of fused-ring (bicyclic) bond motifs is 1. The van der Waals surface area contributed by atoms with Crippen LogP contribution in [0.5, 0.6) is 0 Å². The normalized spacial score (nSPS) is 10.6. The highest BCUT2D eigenvalue weighted by Crippen LogP contribution is 2.17. The van der Waals surface area contributed by atoms with Crippen molar-refractivity contribution >= 4 is 32.7 Å². The number of benzene rings is 1. The largest absolute Gasteiger partial charge is 0.477 e. The van der Waals surface area contributed by atoms with Gasteiger partial charge in [-0.25, -0.2) is 9.78 Å². The fourth-order valence-corrected chi connectivity index (χ4v) is 2.03. The van der Waals surface area contributed by atoms with Gasteiger partial charge < -0.3 is 5.11 Å². The first-order chi connectivity index (χ1) is 7.70. The maximum Gasteiger partial charge on any atom is 0.354 e. The zero-order valence-corrected chi connectivity index (χ0v) is 10.1. The Kier molecular flexibility index (Phi) is 3.19. The van der Waals surface area contributed by atoms with Crippen LogP contribution >= 0.6 is 15.9 Å². The van der Waals surface area contributed by atoms with Gasteiger partial charge in [0.2, 0.25) is 0 Å². The fraction of sp³-hybridized carbons (Fsp3) is 0.167. The molecule has 1 aromatic carbocycles. The van der Waals surface area contributed by atoms with Crippen LogP contribution in [-0.2, 0) is 6.42 Å². The van der Waals surface area contributed by atoms with Crippen LogP contribution in [0.4, 0.5) is 0 Å². The van der Waals surface area contributed by atoms with Crippen molar-refractivity contribution < 1.29 is 9.90 Å². The number of pyridine rings is 1. The third kappa shape index (κ3) is 2.22. The van der Waals surface area contributed by atoms with E-state index in [2.05, 4.69) is 20.9 Å². The standard InChI is InChI=1S/C12H10BrNO2/c13-4-3-8-1-2-9-6-11(12(15)16)14-7-10(9)5-8/h1-2,5-7H,3-4H2,(H,15,16). The van der Waals surface area contributed by atoms with Crippen LogP contribution in [0.1, 0.15) is 16.1 Å². The van der Waals surface area contributed by atoms with E-state index in [0.29, 0.717) is 0 Å². The summed E-state index contributed by atoms with van der Waals surface area (Å²) in [6.07, 6.45) is 2.56. The molecule has 0 aliphatic carbocycles. The Morgan fingerprint density at radius 3 is 2.81 bits per heavy atom. The molecule has 0 unspecified atom stereocenters. The summed E-state index contributed by atoms with van der Waals surface area (Å²) in [5.41, 5.74) is 1.30.